The van der Waals surface area contributed by atoms with E-state index in [1.165, 1.54) is 5.56 Å². The largest absolute Gasteiger partial charge is 0.497 e. The molecule has 0 aliphatic carbocycles. The highest BCUT2D eigenvalue weighted by atomic mass is 19.4. The number of alkyl halides is 3. The van der Waals surface area contributed by atoms with E-state index in [0.717, 1.165) is 23.4 Å². The third kappa shape index (κ3) is 6.88. The van der Waals surface area contributed by atoms with Gasteiger partial charge >= 0.3 is 17.9 Å². The fourth-order valence-electron chi connectivity index (χ4n) is 2.75. The number of nitrogens with one attached hydrogen (secondary N) is 2. The topological polar surface area (TPSA) is 105 Å². The van der Waals surface area contributed by atoms with Crippen LogP contribution in [0.4, 0.5) is 13.2 Å². The molecule has 0 radical (unpaired) electrons. The summed E-state index contributed by atoms with van der Waals surface area (Å²) in [4.78, 5) is 22.8. The van der Waals surface area contributed by atoms with Crippen molar-refractivity contribution in [2.24, 2.45) is 0 Å². The van der Waals surface area contributed by atoms with Gasteiger partial charge in [-0.1, -0.05) is 25.1 Å². The summed E-state index contributed by atoms with van der Waals surface area (Å²) in [6.45, 7) is 5.14. The van der Waals surface area contributed by atoms with Crippen molar-refractivity contribution >= 4 is 17.1 Å². The number of aromatic nitrogens is 1. The Labute approximate surface area is 175 Å². The molecular formula is C21H23F3N2O5. The minimum Gasteiger partial charge on any atom is -0.497 e. The van der Waals surface area contributed by atoms with E-state index in [-0.39, 0.29) is 6.04 Å². The van der Waals surface area contributed by atoms with Crippen LogP contribution < -0.4 is 15.8 Å². The molecule has 1 heterocycles. The predicted molar refractivity (Wildman–Crippen MR) is 108 cm³/mol. The molecule has 3 rings (SSSR count). The molecule has 0 spiro atoms. The van der Waals surface area contributed by atoms with E-state index >= 15 is 0 Å². The van der Waals surface area contributed by atoms with Crippen molar-refractivity contribution in [1.82, 2.24) is 10.3 Å². The number of aliphatic carboxylic acids is 1. The number of aromatic amines is 1. The first kappa shape index (κ1) is 24.0. The standard InChI is InChI=1S/C19H22N2O3.C2HF3O2/c1-12(14-4-7-16(23-3)8-5-14)11-20-13(2)15-6-9-17-18(10-15)24-19(22)21-17;3-2(4,5)1(6)7/h4-10,12-13,20H,11H2,1-3H3,(H,21,22);(H,6,7). The SMILES string of the molecule is COc1ccc(C(C)CNC(C)c2ccc3[nH]c(=O)oc3c2)cc1.O=C(O)C(F)(F)F. The molecule has 3 N–H and O–H groups in total. The molecule has 2 atom stereocenters. The number of hydrogen-bond donors (Lipinski definition) is 3. The van der Waals surface area contributed by atoms with Crippen molar-refractivity contribution in [3.05, 3.63) is 64.1 Å². The molecular weight excluding hydrogens is 417 g/mol. The first-order valence-electron chi connectivity index (χ1n) is 9.31. The van der Waals surface area contributed by atoms with Gasteiger partial charge in [-0.15, -0.1) is 0 Å². The molecule has 0 saturated carbocycles. The average Bonchev–Trinajstić information content (AvgIpc) is 3.10. The van der Waals surface area contributed by atoms with Crippen molar-refractivity contribution in [2.45, 2.75) is 32.0 Å². The molecule has 0 saturated heterocycles. The maximum Gasteiger partial charge on any atom is 0.490 e. The molecule has 1 aromatic heterocycles. The van der Waals surface area contributed by atoms with Gasteiger partial charge in [0.1, 0.15) is 5.75 Å². The third-order valence-corrected chi connectivity index (χ3v) is 4.60. The maximum atomic E-state index is 11.2. The Hall–Kier alpha value is -3.27. The number of halogens is 3. The monoisotopic (exact) mass is 440 g/mol. The second kappa shape index (κ2) is 10.2. The van der Waals surface area contributed by atoms with Crippen LogP contribution in [-0.2, 0) is 4.79 Å². The van der Waals surface area contributed by atoms with E-state index in [1.807, 2.05) is 30.3 Å². The van der Waals surface area contributed by atoms with E-state index in [9.17, 15) is 18.0 Å². The van der Waals surface area contributed by atoms with Gasteiger partial charge in [0, 0.05) is 12.6 Å². The highest BCUT2D eigenvalue weighted by Crippen LogP contribution is 2.21. The number of hydrogen-bond acceptors (Lipinski definition) is 5. The van der Waals surface area contributed by atoms with Gasteiger partial charge in [-0.05, 0) is 48.2 Å². The molecule has 0 aliphatic rings. The van der Waals surface area contributed by atoms with Gasteiger partial charge < -0.3 is 19.6 Å². The number of rotatable bonds is 6. The molecule has 0 amide bonds. The summed E-state index contributed by atoms with van der Waals surface area (Å²) >= 11 is 0. The van der Waals surface area contributed by atoms with Crippen molar-refractivity contribution in [2.75, 3.05) is 13.7 Å². The molecule has 168 valence electrons. The third-order valence-electron chi connectivity index (χ3n) is 4.60. The highest BCUT2D eigenvalue weighted by molar-refractivity contribution is 5.73. The summed E-state index contributed by atoms with van der Waals surface area (Å²) in [6.07, 6.45) is -5.08. The summed E-state index contributed by atoms with van der Waals surface area (Å²) < 4.78 is 42.1. The van der Waals surface area contributed by atoms with Gasteiger partial charge in [0.2, 0.25) is 0 Å². The van der Waals surface area contributed by atoms with Crippen LogP contribution in [0.5, 0.6) is 5.75 Å². The Bertz CT molecular complexity index is 1060. The van der Waals surface area contributed by atoms with Gasteiger partial charge in [0.15, 0.2) is 5.58 Å². The first-order chi connectivity index (χ1) is 14.5. The van der Waals surface area contributed by atoms with Crippen LogP contribution in [0.3, 0.4) is 0 Å². The highest BCUT2D eigenvalue weighted by Gasteiger charge is 2.38. The summed E-state index contributed by atoms with van der Waals surface area (Å²) in [7, 11) is 1.67. The number of carbonyl (C=O) groups is 1. The minimum absolute atomic E-state index is 0.162. The van der Waals surface area contributed by atoms with Crippen LogP contribution in [0.25, 0.3) is 11.1 Å². The molecule has 0 fully saturated rings. The van der Waals surface area contributed by atoms with Gasteiger partial charge in [0.05, 0.1) is 12.6 Å². The Kier molecular flexibility index (Phi) is 7.87. The number of fused-ring (bicyclic) bond motifs is 1. The summed E-state index contributed by atoms with van der Waals surface area (Å²) in [5, 5.41) is 10.7. The van der Waals surface area contributed by atoms with E-state index in [2.05, 4.69) is 36.3 Å². The summed E-state index contributed by atoms with van der Waals surface area (Å²) in [5.74, 6) is -1.93. The van der Waals surface area contributed by atoms with E-state index in [4.69, 9.17) is 19.1 Å². The number of carboxylic acids is 1. The van der Waals surface area contributed by atoms with E-state index < -0.39 is 17.9 Å². The second-order valence-electron chi connectivity index (χ2n) is 6.88. The lowest BCUT2D eigenvalue weighted by Gasteiger charge is -2.18. The minimum atomic E-state index is -5.08. The van der Waals surface area contributed by atoms with Crippen LogP contribution >= 0.6 is 0 Å². The number of ether oxygens (including phenoxy) is 1. The van der Waals surface area contributed by atoms with Gasteiger partial charge in [-0.25, -0.2) is 9.59 Å². The number of benzene rings is 2. The lowest BCUT2D eigenvalue weighted by atomic mass is 10.00. The molecule has 10 heteroatoms. The molecule has 2 unspecified atom stereocenters. The summed E-state index contributed by atoms with van der Waals surface area (Å²) in [5.41, 5.74) is 3.67. The molecule has 31 heavy (non-hydrogen) atoms. The van der Waals surface area contributed by atoms with Crippen molar-refractivity contribution in [3.63, 3.8) is 0 Å². The van der Waals surface area contributed by atoms with Crippen molar-refractivity contribution in [3.8, 4) is 5.75 Å². The first-order valence-corrected chi connectivity index (χ1v) is 9.31. The van der Waals surface area contributed by atoms with E-state index in [1.54, 1.807) is 7.11 Å². The molecule has 2 aromatic carbocycles. The second-order valence-corrected chi connectivity index (χ2v) is 6.88. The number of oxazole rings is 1. The molecule has 3 aromatic rings. The van der Waals surface area contributed by atoms with Crippen LogP contribution in [-0.4, -0.2) is 35.9 Å². The van der Waals surface area contributed by atoms with Crippen LogP contribution in [0, 0.1) is 0 Å². The van der Waals surface area contributed by atoms with Crippen LogP contribution in [0.15, 0.2) is 51.7 Å². The Morgan fingerprint density at radius 2 is 1.74 bits per heavy atom. The zero-order chi connectivity index (χ0) is 23.2. The van der Waals surface area contributed by atoms with Gasteiger partial charge in [-0.3, -0.25) is 4.98 Å². The van der Waals surface area contributed by atoms with Crippen LogP contribution in [0.1, 0.15) is 36.9 Å². The number of methoxy groups -OCH3 is 1. The predicted octanol–water partition coefficient (Wildman–Crippen LogP) is 4.22. The van der Waals surface area contributed by atoms with Crippen molar-refractivity contribution < 1.29 is 32.2 Å². The Balaban J connectivity index is 0.000000423. The normalized spacial score (nSPS) is 13.2. The fourth-order valence-corrected chi connectivity index (χ4v) is 2.75. The van der Waals surface area contributed by atoms with Crippen molar-refractivity contribution in [1.29, 1.82) is 0 Å². The van der Waals surface area contributed by atoms with Gasteiger partial charge in [0.25, 0.3) is 0 Å². The maximum absolute atomic E-state index is 11.2. The summed E-state index contributed by atoms with van der Waals surface area (Å²) in [6, 6.07) is 14.1. The number of carboxylic acid groups (broad SMARTS) is 1. The lowest BCUT2D eigenvalue weighted by molar-refractivity contribution is -0.192. The molecule has 7 nitrogen and oxygen atoms in total. The zero-order valence-corrected chi connectivity index (χ0v) is 17.1. The smallest absolute Gasteiger partial charge is 0.490 e. The van der Waals surface area contributed by atoms with E-state index in [0.29, 0.717) is 11.5 Å². The van der Waals surface area contributed by atoms with Gasteiger partial charge in [-0.2, -0.15) is 13.2 Å². The number of H-pyrrole nitrogens is 1. The fraction of sp³-hybridized carbons (Fsp3) is 0.333. The molecule has 0 aliphatic heterocycles. The zero-order valence-electron chi connectivity index (χ0n) is 17.1. The quantitative estimate of drug-likeness (QED) is 0.530. The van der Waals surface area contributed by atoms with Crippen LogP contribution in [0.2, 0.25) is 0 Å². The average molecular weight is 440 g/mol. The molecule has 0 bridgehead atoms. The Morgan fingerprint density at radius 3 is 2.29 bits per heavy atom. The lowest BCUT2D eigenvalue weighted by Crippen LogP contribution is -2.23. The Morgan fingerprint density at radius 1 is 1.16 bits per heavy atom.